The summed E-state index contributed by atoms with van der Waals surface area (Å²) in [5.41, 5.74) is 3.01. The van der Waals surface area contributed by atoms with Crippen molar-refractivity contribution in [2.45, 2.75) is 42.0 Å². The van der Waals surface area contributed by atoms with Gasteiger partial charge in [0, 0.05) is 0 Å². The molecule has 1 aromatic carbocycles. The minimum absolute atomic E-state index is 0. The molecule has 0 bridgehead atoms. The second-order valence-electron chi connectivity index (χ2n) is 7.41. The van der Waals surface area contributed by atoms with Crippen molar-refractivity contribution in [3.05, 3.63) is 63.0 Å². The monoisotopic (exact) mass is 472 g/mol. The van der Waals surface area contributed by atoms with Gasteiger partial charge >= 0.3 is 154 Å². The van der Waals surface area contributed by atoms with E-state index in [1.807, 2.05) is 0 Å². The molecule has 0 saturated carbocycles. The van der Waals surface area contributed by atoms with E-state index in [9.17, 15) is 0 Å². The van der Waals surface area contributed by atoms with Crippen LogP contribution in [0.25, 0.3) is 6.08 Å². The quantitative estimate of drug-likeness (QED) is 0.332. The molecule has 136 valence electrons. The molecule has 2 aliphatic carbocycles. The zero-order valence-corrected chi connectivity index (χ0v) is 20.3. The van der Waals surface area contributed by atoms with E-state index >= 15 is 0 Å². The fraction of sp³-hybridized carbons (Fsp3) is 0.400. The topological polar surface area (TPSA) is 9.23 Å². The van der Waals surface area contributed by atoms with Crippen molar-refractivity contribution in [1.29, 1.82) is 0 Å². The van der Waals surface area contributed by atoms with E-state index in [1.165, 1.54) is 24.8 Å². The number of halogens is 2. The number of rotatable bonds is 7. The van der Waals surface area contributed by atoms with Crippen LogP contribution in [0.15, 0.2) is 51.9 Å². The molecule has 25 heavy (non-hydrogen) atoms. The molecule has 1 aromatic rings. The van der Waals surface area contributed by atoms with Gasteiger partial charge in [-0.2, -0.15) is 0 Å². The zero-order chi connectivity index (χ0) is 16.3. The van der Waals surface area contributed by atoms with Crippen molar-refractivity contribution in [2.75, 3.05) is 6.61 Å². The molecule has 0 aliphatic heterocycles. The van der Waals surface area contributed by atoms with Crippen molar-refractivity contribution in [2.24, 2.45) is 0 Å². The molecule has 0 heterocycles. The van der Waals surface area contributed by atoms with E-state index in [0.717, 1.165) is 6.61 Å². The molecule has 0 spiro atoms. The molecule has 3 rings (SSSR count). The third-order valence-electron chi connectivity index (χ3n) is 4.39. The van der Waals surface area contributed by atoms with Gasteiger partial charge in [-0.25, -0.2) is 0 Å². The van der Waals surface area contributed by atoms with E-state index < -0.39 is 31.6 Å². The normalized spacial score (nSPS) is 20.5. The molecule has 5 heteroatoms. The van der Waals surface area contributed by atoms with Crippen LogP contribution in [-0.2, 0) is 30.8 Å². The van der Waals surface area contributed by atoms with Gasteiger partial charge in [-0.1, -0.05) is 0 Å². The Morgan fingerprint density at radius 2 is 1.92 bits per heavy atom. The fourth-order valence-electron chi connectivity index (χ4n) is 3.32. The zero-order valence-electron chi connectivity index (χ0n) is 15.2. The second kappa shape index (κ2) is 9.85. The minimum Gasteiger partial charge on any atom is -0.147 e. The van der Waals surface area contributed by atoms with Gasteiger partial charge in [0.05, 0.1) is 0 Å². The third-order valence-corrected chi connectivity index (χ3v) is 9.95. The van der Waals surface area contributed by atoms with Crippen molar-refractivity contribution in [1.82, 2.24) is 0 Å². The number of allylic oxidation sites excluding steroid dienone is 5. The van der Waals surface area contributed by atoms with E-state index in [-0.39, 0.29) is 24.8 Å². The first-order valence-corrected chi connectivity index (χ1v) is 14.4. The summed E-state index contributed by atoms with van der Waals surface area (Å²) in [4.78, 5) is 0. The van der Waals surface area contributed by atoms with E-state index in [0.29, 0.717) is 3.12 Å². The first-order chi connectivity index (χ1) is 11.0. The summed E-state index contributed by atoms with van der Waals surface area (Å²) in [7, 11) is -1.39. The standard InChI is InChI=1S/C15H21OSi.C5H5.2ClH.Zr/c1-17(2,3)16-12-6-8-14-11-10-13-7-4-5-9-15(13)14;1-2-4-5-3-1;;;/h4-5,7,9-11H,6,8,12H2,1-3H3;1-3H,4H2;2*1H;. The molecule has 0 saturated heterocycles. The van der Waals surface area contributed by atoms with Crippen molar-refractivity contribution < 1.29 is 27.7 Å². The molecular formula is C20H28Cl2OSiZr. The minimum atomic E-state index is -1.39. The summed E-state index contributed by atoms with van der Waals surface area (Å²) in [6.07, 6.45) is 15.4. The Labute approximate surface area is 177 Å². The Kier molecular flexibility index (Phi) is 9.11. The van der Waals surface area contributed by atoms with Crippen LogP contribution in [0.3, 0.4) is 0 Å². The molecule has 0 fully saturated rings. The maximum atomic E-state index is 6.10. The molecule has 1 unspecified atom stereocenters. The average Bonchev–Trinajstić information content (AvgIpc) is 3.13. The predicted octanol–water partition coefficient (Wildman–Crippen LogP) is 6.31. The molecular weight excluding hydrogens is 446 g/mol. The van der Waals surface area contributed by atoms with Crippen LogP contribution in [0, 0.1) is 0 Å². The Bertz CT molecular complexity index is 664. The molecule has 0 amide bonds. The molecule has 0 N–H and O–H groups in total. The van der Waals surface area contributed by atoms with Crippen LogP contribution < -0.4 is 0 Å². The summed E-state index contributed by atoms with van der Waals surface area (Å²) in [5, 5.41) is 0. The van der Waals surface area contributed by atoms with Gasteiger partial charge in [0.1, 0.15) is 0 Å². The molecule has 0 aromatic heterocycles. The summed E-state index contributed by atoms with van der Waals surface area (Å²) in [5.74, 6) is 0. The Hall–Kier alpha value is 0.0800. The number of hydrogen-bond acceptors (Lipinski definition) is 1. The third kappa shape index (κ3) is 6.04. The maximum absolute atomic E-state index is 6.10. The first kappa shape index (κ1) is 23.1. The van der Waals surface area contributed by atoms with Crippen LogP contribution in [0.1, 0.15) is 30.4 Å². The largest absolute Gasteiger partial charge is 0.147 e. The van der Waals surface area contributed by atoms with Gasteiger partial charge in [0.25, 0.3) is 0 Å². The smallest absolute Gasteiger partial charge is 0.147 e. The van der Waals surface area contributed by atoms with Crippen LogP contribution in [0.4, 0.5) is 0 Å². The number of benzene rings is 1. The molecule has 1 atom stereocenters. The van der Waals surface area contributed by atoms with Gasteiger partial charge in [0.15, 0.2) is 0 Å². The molecule has 0 radical (unpaired) electrons. The van der Waals surface area contributed by atoms with Gasteiger partial charge < -0.3 is 0 Å². The number of fused-ring (bicyclic) bond motifs is 1. The maximum Gasteiger partial charge on any atom is -0.147 e. The van der Waals surface area contributed by atoms with Crippen LogP contribution in [0.5, 0.6) is 0 Å². The summed E-state index contributed by atoms with van der Waals surface area (Å²) < 4.78 is 8.16. The van der Waals surface area contributed by atoms with Crippen LogP contribution in [0.2, 0.25) is 19.6 Å². The van der Waals surface area contributed by atoms with E-state index in [4.69, 9.17) is 4.43 Å². The number of hydrogen-bond donors (Lipinski definition) is 0. The predicted molar refractivity (Wildman–Crippen MR) is 112 cm³/mol. The summed E-state index contributed by atoms with van der Waals surface area (Å²) in [6.45, 7) is 7.75. The first-order valence-electron chi connectivity index (χ1n) is 8.55. The van der Waals surface area contributed by atoms with Crippen LogP contribution in [-0.4, -0.2) is 14.9 Å². The fourth-order valence-corrected chi connectivity index (χ4v) is 8.50. The van der Waals surface area contributed by atoms with Gasteiger partial charge in [0.2, 0.25) is 0 Å². The van der Waals surface area contributed by atoms with Crippen molar-refractivity contribution in [3.63, 3.8) is 0 Å². The molecule has 2 aliphatic rings. The average molecular weight is 475 g/mol. The Morgan fingerprint density at radius 3 is 2.60 bits per heavy atom. The van der Waals surface area contributed by atoms with Gasteiger partial charge in [-0.15, -0.1) is 24.8 Å². The summed E-state index contributed by atoms with van der Waals surface area (Å²) >= 11 is -0.679. The van der Waals surface area contributed by atoms with Crippen LogP contribution >= 0.6 is 24.8 Å². The van der Waals surface area contributed by atoms with E-state index in [2.05, 4.69) is 74.3 Å². The Morgan fingerprint density at radius 1 is 1.16 bits per heavy atom. The molecule has 1 nitrogen and oxygen atoms in total. The van der Waals surface area contributed by atoms with Gasteiger partial charge in [-0.05, 0) is 0 Å². The second-order valence-corrected chi connectivity index (χ2v) is 16.3. The van der Waals surface area contributed by atoms with E-state index in [1.54, 1.807) is 8.84 Å². The summed E-state index contributed by atoms with van der Waals surface area (Å²) in [6, 6.07) is 9.00. The van der Waals surface area contributed by atoms with Crippen molar-refractivity contribution >= 4 is 39.2 Å². The van der Waals surface area contributed by atoms with Gasteiger partial charge in [-0.3, -0.25) is 0 Å². The SMILES string of the molecule is C[Si](C)(C)OCCC[C]1([Zr][C]2=CC=CC2)C=Cc2ccccc21.Cl.Cl. The Balaban J connectivity index is 0.00000156. The van der Waals surface area contributed by atoms with Crippen molar-refractivity contribution in [3.8, 4) is 0 Å².